The molecule has 0 heterocycles. The van der Waals surface area contributed by atoms with Crippen LogP contribution in [0.1, 0.15) is 12.5 Å². The Balaban J connectivity index is 2.11. The molecule has 2 rings (SSSR count). The summed E-state index contributed by atoms with van der Waals surface area (Å²) in [5, 5.41) is 11.9. The molecule has 2 aromatic rings. The SMILES string of the molecule is CCOc1ccc(NC(=O)/C(C#N)=C\c2ccc(I)cc2)cc1. The van der Waals surface area contributed by atoms with Crippen molar-refractivity contribution < 1.29 is 9.53 Å². The number of hydrogen-bond donors (Lipinski definition) is 1. The lowest BCUT2D eigenvalue weighted by Crippen LogP contribution is -2.13. The summed E-state index contributed by atoms with van der Waals surface area (Å²) < 4.78 is 6.44. The lowest BCUT2D eigenvalue weighted by molar-refractivity contribution is -0.112. The molecule has 0 radical (unpaired) electrons. The summed E-state index contributed by atoms with van der Waals surface area (Å²) in [6, 6.07) is 16.5. The van der Waals surface area contributed by atoms with Crippen LogP contribution in [0.3, 0.4) is 0 Å². The second-order valence-corrected chi connectivity index (χ2v) is 5.88. The van der Waals surface area contributed by atoms with Gasteiger partial charge in [0.05, 0.1) is 6.61 Å². The monoisotopic (exact) mass is 418 g/mol. The highest BCUT2D eigenvalue weighted by Crippen LogP contribution is 2.17. The van der Waals surface area contributed by atoms with Crippen LogP contribution in [0, 0.1) is 14.9 Å². The molecule has 0 aliphatic carbocycles. The van der Waals surface area contributed by atoms with Crippen molar-refractivity contribution >= 4 is 40.3 Å². The molecule has 0 saturated heterocycles. The Morgan fingerprint density at radius 1 is 1.22 bits per heavy atom. The first kappa shape index (κ1) is 17.0. The van der Waals surface area contributed by atoms with E-state index >= 15 is 0 Å². The van der Waals surface area contributed by atoms with Gasteiger partial charge in [0.2, 0.25) is 0 Å². The van der Waals surface area contributed by atoms with Crippen LogP contribution in [-0.4, -0.2) is 12.5 Å². The molecule has 116 valence electrons. The van der Waals surface area contributed by atoms with Gasteiger partial charge < -0.3 is 10.1 Å². The number of nitrogens with one attached hydrogen (secondary N) is 1. The molecule has 0 atom stereocenters. The molecule has 4 nitrogen and oxygen atoms in total. The van der Waals surface area contributed by atoms with Crippen molar-refractivity contribution in [3.63, 3.8) is 0 Å². The molecule has 0 bridgehead atoms. The summed E-state index contributed by atoms with van der Waals surface area (Å²) in [6.07, 6.45) is 1.57. The Bertz CT molecular complexity index is 744. The van der Waals surface area contributed by atoms with Crippen LogP contribution in [0.25, 0.3) is 6.08 Å². The number of nitriles is 1. The summed E-state index contributed by atoms with van der Waals surface area (Å²) in [5.41, 5.74) is 1.48. The van der Waals surface area contributed by atoms with Gasteiger partial charge in [-0.25, -0.2) is 0 Å². The molecule has 0 fully saturated rings. The van der Waals surface area contributed by atoms with Gasteiger partial charge in [-0.1, -0.05) is 12.1 Å². The van der Waals surface area contributed by atoms with E-state index in [4.69, 9.17) is 4.74 Å². The first-order valence-electron chi connectivity index (χ1n) is 7.04. The summed E-state index contributed by atoms with van der Waals surface area (Å²) in [5.74, 6) is 0.302. The maximum Gasteiger partial charge on any atom is 0.266 e. The van der Waals surface area contributed by atoms with Gasteiger partial charge in [-0.2, -0.15) is 5.26 Å². The second-order valence-electron chi connectivity index (χ2n) is 4.63. The van der Waals surface area contributed by atoms with Crippen molar-refractivity contribution in [3.05, 3.63) is 63.2 Å². The minimum atomic E-state index is -0.435. The summed E-state index contributed by atoms with van der Waals surface area (Å²) in [6.45, 7) is 2.49. The van der Waals surface area contributed by atoms with E-state index < -0.39 is 5.91 Å². The fourth-order valence-electron chi connectivity index (χ4n) is 1.87. The average molecular weight is 418 g/mol. The first-order valence-corrected chi connectivity index (χ1v) is 8.12. The van der Waals surface area contributed by atoms with Crippen LogP contribution < -0.4 is 10.1 Å². The maximum atomic E-state index is 12.2. The number of halogens is 1. The molecule has 0 aliphatic heterocycles. The van der Waals surface area contributed by atoms with Gasteiger partial charge in [0.25, 0.3) is 5.91 Å². The number of ether oxygens (including phenoxy) is 1. The van der Waals surface area contributed by atoms with Crippen LogP contribution in [-0.2, 0) is 4.79 Å². The third kappa shape index (κ3) is 5.11. The number of benzene rings is 2. The molecule has 0 saturated carbocycles. The highest BCUT2D eigenvalue weighted by Gasteiger charge is 2.09. The molecular weight excluding hydrogens is 403 g/mol. The molecule has 0 unspecified atom stereocenters. The number of carbonyl (C=O) groups is 1. The Morgan fingerprint density at radius 3 is 2.43 bits per heavy atom. The zero-order valence-corrected chi connectivity index (χ0v) is 14.7. The van der Waals surface area contributed by atoms with Crippen LogP contribution >= 0.6 is 22.6 Å². The minimum absolute atomic E-state index is 0.0556. The number of anilines is 1. The Hall–Kier alpha value is -2.33. The third-order valence-corrected chi connectivity index (χ3v) is 3.69. The molecule has 0 aliphatic rings. The summed E-state index contributed by atoms with van der Waals surface area (Å²) in [7, 11) is 0. The third-order valence-electron chi connectivity index (χ3n) is 2.97. The molecule has 0 spiro atoms. The quantitative estimate of drug-likeness (QED) is 0.449. The van der Waals surface area contributed by atoms with E-state index in [1.54, 1.807) is 30.3 Å². The lowest BCUT2D eigenvalue weighted by Gasteiger charge is -2.06. The Morgan fingerprint density at radius 2 is 1.87 bits per heavy atom. The fraction of sp³-hybridized carbons (Fsp3) is 0.111. The molecular formula is C18H15IN2O2. The zero-order chi connectivity index (χ0) is 16.7. The van der Waals surface area contributed by atoms with Gasteiger partial charge in [-0.05, 0) is 77.6 Å². The largest absolute Gasteiger partial charge is 0.494 e. The smallest absolute Gasteiger partial charge is 0.266 e. The topological polar surface area (TPSA) is 62.1 Å². The van der Waals surface area contributed by atoms with E-state index in [-0.39, 0.29) is 5.57 Å². The molecule has 23 heavy (non-hydrogen) atoms. The van der Waals surface area contributed by atoms with E-state index in [9.17, 15) is 10.1 Å². The highest BCUT2D eigenvalue weighted by molar-refractivity contribution is 14.1. The van der Waals surface area contributed by atoms with Gasteiger partial charge in [-0.15, -0.1) is 0 Å². The minimum Gasteiger partial charge on any atom is -0.494 e. The van der Waals surface area contributed by atoms with E-state index in [0.717, 1.165) is 14.9 Å². The molecule has 0 aromatic heterocycles. The second kappa shape index (κ2) is 8.34. The van der Waals surface area contributed by atoms with Gasteiger partial charge in [0.15, 0.2) is 0 Å². The van der Waals surface area contributed by atoms with Crippen molar-refractivity contribution in [1.82, 2.24) is 0 Å². The molecule has 1 N–H and O–H groups in total. The van der Waals surface area contributed by atoms with Crippen molar-refractivity contribution in [2.75, 3.05) is 11.9 Å². The standard InChI is InChI=1S/C18H15IN2O2/c1-2-23-17-9-7-16(8-10-17)21-18(22)14(12-20)11-13-3-5-15(19)6-4-13/h3-11H,2H2,1H3,(H,21,22)/b14-11-. The van der Waals surface area contributed by atoms with E-state index in [1.165, 1.54) is 0 Å². The van der Waals surface area contributed by atoms with Gasteiger partial charge in [0, 0.05) is 9.26 Å². The number of nitrogens with zero attached hydrogens (tertiary/aromatic N) is 1. The van der Waals surface area contributed by atoms with Crippen LogP contribution in [0.15, 0.2) is 54.1 Å². The first-order chi connectivity index (χ1) is 11.1. The van der Waals surface area contributed by atoms with Gasteiger partial charge in [-0.3, -0.25) is 4.79 Å². The normalized spacial score (nSPS) is 10.7. The highest BCUT2D eigenvalue weighted by atomic mass is 127. The van der Waals surface area contributed by atoms with Crippen LogP contribution in [0.2, 0.25) is 0 Å². The van der Waals surface area contributed by atoms with Gasteiger partial charge in [0.1, 0.15) is 17.4 Å². The van der Waals surface area contributed by atoms with Crippen molar-refractivity contribution in [2.24, 2.45) is 0 Å². The van der Waals surface area contributed by atoms with E-state index in [1.807, 2.05) is 37.3 Å². The van der Waals surface area contributed by atoms with Crippen LogP contribution in [0.5, 0.6) is 5.75 Å². The zero-order valence-electron chi connectivity index (χ0n) is 12.5. The average Bonchev–Trinajstić information content (AvgIpc) is 2.56. The lowest BCUT2D eigenvalue weighted by atomic mass is 10.1. The van der Waals surface area contributed by atoms with E-state index in [0.29, 0.717) is 12.3 Å². The van der Waals surface area contributed by atoms with Crippen molar-refractivity contribution in [3.8, 4) is 11.8 Å². The number of amides is 1. The number of hydrogen-bond acceptors (Lipinski definition) is 3. The molecule has 1 amide bonds. The predicted molar refractivity (Wildman–Crippen MR) is 99.0 cm³/mol. The van der Waals surface area contributed by atoms with Crippen molar-refractivity contribution in [1.29, 1.82) is 5.26 Å². The Kier molecular flexibility index (Phi) is 6.18. The maximum absolute atomic E-state index is 12.2. The summed E-state index contributed by atoms with van der Waals surface area (Å²) >= 11 is 2.20. The molecule has 5 heteroatoms. The summed E-state index contributed by atoms with van der Waals surface area (Å²) in [4.78, 5) is 12.2. The molecule has 2 aromatic carbocycles. The number of carbonyl (C=O) groups excluding carboxylic acids is 1. The number of rotatable bonds is 5. The van der Waals surface area contributed by atoms with Crippen molar-refractivity contribution in [2.45, 2.75) is 6.92 Å². The Labute approximate surface area is 148 Å². The predicted octanol–water partition coefficient (Wildman–Crippen LogP) is 4.24. The van der Waals surface area contributed by atoms with Gasteiger partial charge >= 0.3 is 0 Å². The van der Waals surface area contributed by atoms with Crippen LogP contribution in [0.4, 0.5) is 5.69 Å². The van der Waals surface area contributed by atoms with E-state index in [2.05, 4.69) is 27.9 Å². The fourth-order valence-corrected chi connectivity index (χ4v) is 2.23.